The number of hydrogen-bond donors (Lipinski definition) is 1. The molecule has 3 rings (SSSR count). The van der Waals surface area contributed by atoms with Crippen LogP contribution >= 0.6 is 15.9 Å². The first-order valence-corrected chi connectivity index (χ1v) is 10.4. The first-order valence-electron chi connectivity index (χ1n) is 9.56. The van der Waals surface area contributed by atoms with Crippen LogP contribution in [-0.2, 0) is 0 Å². The van der Waals surface area contributed by atoms with Crippen molar-refractivity contribution in [1.82, 2.24) is 5.43 Å². The second kappa shape index (κ2) is 10.1. The Balaban J connectivity index is 1.81. The van der Waals surface area contributed by atoms with Gasteiger partial charge in [0, 0.05) is 0 Å². The molecule has 0 fully saturated rings. The van der Waals surface area contributed by atoms with Crippen molar-refractivity contribution in [3.05, 3.63) is 64.1 Å². The molecule has 0 aliphatic carbocycles. The maximum Gasteiger partial charge on any atom is 0.275 e. The van der Waals surface area contributed by atoms with Crippen molar-refractivity contribution in [3.63, 3.8) is 0 Å². The predicted molar refractivity (Wildman–Crippen MR) is 122 cm³/mol. The molecule has 0 heterocycles. The molecule has 0 aliphatic rings. The Morgan fingerprint density at radius 1 is 1.03 bits per heavy atom. The Labute approximate surface area is 184 Å². The van der Waals surface area contributed by atoms with Gasteiger partial charge in [-0.1, -0.05) is 24.3 Å². The van der Waals surface area contributed by atoms with Gasteiger partial charge in [0.25, 0.3) is 5.91 Å². The summed E-state index contributed by atoms with van der Waals surface area (Å²) in [6, 6.07) is 15.1. The highest BCUT2D eigenvalue weighted by Crippen LogP contribution is 2.36. The average Bonchev–Trinajstić information content (AvgIpc) is 2.75. The van der Waals surface area contributed by atoms with E-state index in [0.29, 0.717) is 36.0 Å². The summed E-state index contributed by atoms with van der Waals surface area (Å²) >= 11 is 3.50. The number of nitrogens with one attached hydrogen (secondary N) is 1. The van der Waals surface area contributed by atoms with Gasteiger partial charge in [-0.15, -0.1) is 0 Å². The lowest BCUT2D eigenvalue weighted by Gasteiger charge is -2.13. The van der Waals surface area contributed by atoms with Crippen molar-refractivity contribution in [2.75, 3.05) is 20.3 Å². The van der Waals surface area contributed by atoms with Crippen LogP contribution in [0.2, 0.25) is 0 Å². The highest BCUT2D eigenvalue weighted by atomic mass is 79.9. The summed E-state index contributed by atoms with van der Waals surface area (Å²) in [7, 11) is 1.54. The van der Waals surface area contributed by atoms with E-state index < -0.39 is 0 Å². The molecule has 1 amide bonds. The summed E-state index contributed by atoms with van der Waals surface area (Å²) in [6.45, 7) is 4.84. The van der Waals surface area contributed by atoms with E-state index in [1.165, 1.54) is 7.11 Å². The zero-order chi connectivity index (χ0) is 21.5. The highest BCUT2D eigenvalue weighted by molar-refractivity contribution is 9.10. The van der Waals surface area contributed by atoms with E-state index >= 15 is 0 Å². The number of carbonyl (C=O) groups is 1. The predicted octanol–water partition coefficient (Wildman–Crippen LogP) is 5.17. The zero-order valence-corrected chi connectivity index (χ0v) is 18.7. The Morgan fingerprint density at radius 2 is 1.73 bits per heavy atom. The number of amides is 1. The third kappa shape index (κ3) is 4.91. The fraction of sp³-hybridized carbons (Fsp3) is 0.217. The monoisotopic (exact) mass is 470 g/mol. The molecule has 0 saturated carbocycles. The number of nitrogens with zero attached hydrogens (tertiary/aromatic N) is 1. The van der Waals surface area contributed by atoms with Crippen molar-refractivity contribution >= 4 is 38.8 Å². The second-order valence-electron chi connectivity index (χ2n) is 6.29. The lowest BCUT2D eigenvalue weighted by atomic mass is 10.1. The Hall–Kier alpha value is -3.06. The van der Waals surface area contributed by atoms with Crippen LogP contribution in [0.25, 0.3) is 10.8 Å². The summed E-state index contributed by atoms with van der Waals surface area (Å²) in [5.41, 5.74) is 3.72. The van der Waals surface area contributed by atoms with Gasteiger partial charge in [0.15, 0.2) is 11.5 Å². The molecule has 7 heteroatoms. The summed E-state index contributed by atoms with van der Waals surface area (Å²) in [5.74, 6) is 1.38. The highest BCUT2D eigenvalue weighted by Gasteiger charge is 2.14. The molecule has 0 aromatic heterocycles. The largest absolute Gasteiger partial charge is 0.496 e. The molecule has 3 aromatic carbocycles. The van der Waals surface area contributed by atoms with Crippen molar-refractivity contribution in [2.45, 2.75) is 13.8 Å². The van der Waals surface area contributed by atoms with Crippen molar-refractivity contribution in [1.29, 1.82) is 0 Å². The minimum atomic E-state index is -0.358. The molecular formula is C23H23BrN2O4. The molecule has 0 bridgehead atoms. The van der Waals surface area contributed by atoms with Gasteiger partial charge in [0.2, 0.25) is 0 Å². The van der Waals surface area contributed by atoms with Gasteiger partial charge in [-0.25, -0.2) is 5.43 Å². The molecule has 6 nitrogen and oxygen atoms in total. The average molecular weight is 471 g/mol. The van der Waals surface area contributed by atoms with Gasteiger partial charge < -0.3 is 14.2 Å². The van der Waals surface area contributed by atoms with E-state index in [1.54, 1.807) is 12.3 Å². The van der Waals surface area contributed by atoms with Crippen LogP contribution < -0.4 is 19.6 Å². The molecule has 0 atom stereocenters. The lowest BCUT2D eigenvalue weighted by Crippen LogP contribution is -2.18. The minimum absolute atomic E-state index is 0.358. The molecule has 0 aliphatic heterocycles. The Bertz CT molecular complexity index is 1080. The minimum Gasteiger partial charge on any atom is -0.496 e. The third-order valence-electron chi connectivity index (χ3n) is 4.31. The Morgan fingerprint density at radius 3 is 2.40 bits per heavy atom. The molecule has 0 spiro atoms. The molecule has 0 saturated heterocycles. The van der Waals surface area contributed by atoms with Crippen LogP contribution in [0.4, 0.5) is 0 Å². The van der Waals surface area contributed by atoms with Crippen LogP contribution in [0.5, 0.6) is 17.2 Å². The number of hydrazone groups is 1. The van der Waals surface area contributed by atoms with Crippen molar-refractivity contribution in [2.24, 2.45) is 5.10 Å². The molecule has 0 radical (unpaired) electrons. The van der Waals surface area contributed by atoms with Gasteiger partial charge >= 0.3 is 0 Å². The number of rotatable bonds is 8. The number of benzene rings is 3. The van der Waals surface area contributed by atoms with Gasteiger partial charge in [-0.3, -0.25) is 4.79 Å². The summed E-state index contributed by atoms with van der Waals surface area (Å²) in [4.78, 5) is 12.7. The van der Waals surface area contributed by atoms with Crippen LogP contribution in [0.15, 0.2) is 58.1 Å². The number of carbonyl (C=O) groups excluding carboxylic acids is 1. The van der Waals surface area contributed by atoms with Crippen molar-refractivity contribution in [3.8, 4) is 17.2 Å². The van der Waals surface area contributed by atoms with E-state index in [0.717, 1.165) is 20.8 Å². The van der Waals surface area contributed by atoms with E-state index in [2.05, 4.69) is 26.5 Å². The fourth-order valence-electron chi connectivity index (χ4n) is 3.00. The van der Waals surface area contributed by atoms with E-state index in [9.17, 15) is 4.79 Å². The first kappa shape index (κ1) is 21.6. The number of ether oxygens (including phenoxy) is 3. The van der Waals surface area contributed by atoms with Crippen LogP contribution in [0.3, 0.4) is 0 Å². The molecule has 1 N–H and O–H groups in total. The van der Waals surface area contributed by atoms with Gasteiger partial charge in [-0.2, -0.15) is 5.10 Å². The molecule has 30 heavy (non-hydrogen) atoms. The maximum absolute atomic E-state index is 12.7. The molecule has 0 unspecified atom stereocenters. The third-order valence-corrected chi connectivity index (χ3v) is 4.90. The molecule has 3 aromatic rings. The smallest absolute Gasteiger partial charge is 0.275 e. The second-order valence-corrected chi connectivity index (χ2v) is 7.15. The maximum atomic E-state index is 12.7. The van der Waals surface area contributed by atoms with Gasteiger partial charge in [0.1, 0.15) is 5.75 Å². The summed E-state index contributed by atoms with van der Waals surface area (Å²) in [6.07, 6.45) is 1.55. The quantitative estimate of drug-likeness (QED) is 0.364. The van der Waals surface area contributed by atoms with Gasteiger partial charge in [-0.05, 0) is 70.4 Å². The lowest BCUT2D eigenvalue weighted by molar-refractivity contribution is 0.0952. The molecular weight excluding hydrogens is 448 g/mol. The number of methoxy groups -OCH3 is 1. The first-order chi connectivity index (χ1) is 14.6. The zero-order valence-electron chi connectivity index (χ0n) is 17.1. The summed E-state index contributed by atoms with van der Waals surface area (Å²) in [5, 5.41) is 6.04. The van der Waals surface area contributed by atoms with Crippen LogP contribution in [0, 0.1) is 0 Å². The van der Waals surface area contributed by atoms with E-state index in [4.69, 9.17) is 14.2 Å². The van der Waals surface area contributed by atoms with E-state index in [-0.39, 0.29) is 5.91 Å². The van der Waals surface area contributed by atoms with Crippen LogP contribution in [-0.4, -0.2) is 32.4 Å². The molecule has 156 valence electrons. The van der Waals surface area contributed by atoms with Crippen LogP contribution in [0.1, 0.15) is 29.8 Å². The fourth-order valence-corrected chi connectivity index (χ4v) is 3.58. The number of hydrogen-bond acceptors (Lipinski definition) is 5. The van der Waals surface area contributed by atoms with Gasteiger partial charge in [0.05, 0.1) is 36.6 Å². The topological polar surface area (TPSA) is 69.2 Å². The Kier molecular flexibility index (Phi) is 7.30. The standard InChI is InChI=1S/C23H23BrN2O4/c1-4-29-21-11-15(10-19(24)22(21)30-5-2)14-25-26-23(27)18-12-16-8-6-7-9-17(16)13-20(18)28-3/h6-14H,4-5H2,1-3H3,(H,26,27)/b25-14-. The number of halogens is 1. The van der Waals surface area contributed by atoms with Crippen molar-refractivity contribution < 1.29 is 19.0 Å². The summed E-state index contributed by atoms with van der Waals surface area (Å²) < 4.78 is 17.4. The SMILES string of the molecule is CCOc1cc(/C=N\NC(=O)c2cc3ccccc3cc2OC)cc(Br)c1OCC. The number of fused-ring (bicyclic) bond motifs is 1. The normalized spacial score (nSPS) is 10.9. The van der Waals surface area contributed by atoms with E-state index in [1.807, 2.05) is 56.3 Å².